The lowest BCUT2D eigenvalue weighted by Gasteiger charge is -2.21. The smallest absolute Gasteiger partial charge is 0.139 e. The molecule has 0 saturated carbocycles. The molecule has 0 bridgehead atoms. The van der Waals surface area contributed by atoms with E-state index in [1.807, 2.05) is 0 Å². The number of likely N-dealkylation sites (N-methyl/N-ethyl adjacent to an activating group) is 1. The molecular weight excluding hydrogens is 357 g/mol. The number of nitrogens with zero attached hydrogens (tertiary/aromatic N) is 3. The van der Waals surface area contributed by atoms with Gasteiger partial charge in [-0.3, -0.25) is 0 Å². The molecule has 0 aliphatic carbocycles. The molecule has 2 rings (SSSR count). The quantitative estimate of drug-likeness (QED) is 0.709. The van der Waals surface area contributed by atoms with Crippen molar-refractivity contribution in [3.63, 3.8) is 0 Å². The fourth-order valence-corrected chi connectivity index (χ4v) is 2.71. The van der Waals surface area contributed by atoms with Gasteiger partial charge in [-0.05, 0) is 42.9 Å². The highest BCUT2D eigenvalue weighted by molar-refractivity contribution is 9.10. The Morgan fingerprint density at radius 1 is 1.43 bits per heavy atom. The fourth-order valence-electron chi connectivity index (χ4n) is 2.21. The van der Waals surface area contributed by atoms with Gasteiger partial charge in [0.05, 0.1) is 15.5 Å². The van der Waals surface area contributed by atoms with Crippen molar-refractivity contribution in [3.05, 3.63) is 28.2 Å². The van der Waals surface area contributed by atoms with Crippen LogP contribution in [0.5, 0.6) is 0 Å². The first kappa shape index (κ1) is 16.7. The lowest BCUT2D eigenvalue weighted by molar-refractivity contribution is 0.263. The van der Waals surface area contributed by atoms with Gasteiger partial charge in [0, 0.05) is 37.5 Å². The number of hydrogen-bond acceptors (Lipinski definition) is 2. The highest BCUT2D eigenvalue weighted by Gasteiger charge is 2.14. The summed E-state index contributed by atoms with van der Waals surface area (Å²) in [6.45, 7) is 5.97. The van der Waals surface area contributed by atoms with E-state index in [2.05, 4.69) is 51.3 Å². The second-order valence-electron chi connectivity index (χ2n) is 5.45. The number of halogens is 3. The van der Waals surface area contributed by atoms with E-state index in [-0.39, 0.29) is 5.82 Å². The Kier molecular flexibility index (Phi) is 5.63. The number of rotatable bonds is 6. The summed E-state index contributed by atoms with van der Waals surface area (Å²) in [6.07, 6.45) is 0.681. The molecule has 0 aliphatic heterocycles. The van der Waals surface area contributed by atoms with Gasteiger partial charge in [-0.15, -0.1) is 11.6 Å². The number of benzene rings is 1. The zero-order valence-corrected chi connectivity index (χ0v) is 14.9. The third kappa shape index (κ3) is 3.76. The summed E-state index contributed by atoms with van der Waals surface area (Å²) in [4.78, 5) is 6.85. The standard InChI is InChI=1S/C15H20BrClFN3/c1-10(2)20(3)6-7-21-14-9-12(18)11(16)8-13(14)19-15(21)4-5-17/h8-10H,4-7H2,1-3H3. The Bertz CT molecular complexity index is 627. The van der Waals surface area contributed by atoms with Crippen LogP contribution in [0.4, 0.5) is 4.39 Å². The Labute approximate surface area is 138 Å². The molecule has 6 heteroatoms. The molecule has 3 nitrogen and oxygen atoms in total. The summed E-state index contributed by atoms with van der Waals surface area (Å²) in [6, 6.07) is 3.74. The molecule has 0 N–H and O–H groups in total. The highest BCUT2D eigenvalue weighted by atomic mass is 79.9. The fraction of sp³-hybridized carbons (Fsp3) is 0.533. The van der Waals surface area contributed by atoms with Crippen molar-refractivity contribution in [1.82, 2.24) is 14.5 Å². The maximum absolute atomic E-state index is 13.8. The van der Waals surface area contributed by atoms with E-state index in [4.69, 9.17) is 11.6 Å². The van der Waals surface area contributed by atoms with Gasteiger partial charge in [0.25, 0.3) is 0 Å². The molecule has 0 fully saturated rings. The Morgan fingerprint density at radius 3 is 2.76 bits per heavy atom. The number of imidazole rings is 1. The minimum atomic E-state index is -0.265. The predicted molar refractivity (Wildman–Crippen MR) is 89.6 cm³/mol. The summed E-state index contributed by atoms with van der Waals surface area (Å²) >= 11 is 9.08. The van der Waals surface area contributed by atoms with Crippen LogP contribution in [0.3, 0.4) is 0 Å². The molecule has 0 saturated heterocycles. The van der Waals surface area contributed by atoms with Gasteiger partial charge in [-0.1, -0.05) is 0 Å². The molecule has 116 valence electrons. The summed E-state index contributed by atoms with van der Waals surface area (Å²) in [5, 5.41) is 0. The van der Waals surface area contributed by atoms with E-state index in [1.54, 1.807) is 12.1 Å². The van der Waals surface area contributed by atoms with Crippen molar-refractivity contribution in [3.8, 4) is 0 Å². The topological polar surface area (TPSA) is 21.1 Å². The van der Waals surface area contributed by atoms with E-state index in [0.29, 0.717) is 22.8 Å². The molecular formula is C15H20BrClFN3. The van der Waals surface area contributed by atoms with Crippen molar-refractivity contribution >= 4 is 38.6 Å². The van der Waals surface area contributed by atoms with Crippen LogP contribution in [0.2, 0.25) is 0 Å². The molecule has 1 heterocycles. The van der Waals surface area contributed by atoms with Crippen molar-refractivity contribution in [2.75, 3.05) is 19.5 Å². The third-order valence-corrected chi connectivity index (χ3v) is 4.54. The molecule has 1 aromatic carbocycles. The minimum absolute atomic E-state index is 0.265. The van der Waals surface area contributed by atoms with Gasteiger partial charge in [0.2, 0.25) is 0 Å². The second-order valence-corrected chi connectivity index (χ2v) is 6.68. The van der Waals surface area contributed by atoms with E-state index in [1.165, 1.54) is 0 Å². The first-order valence-electron chi connectivity index (χ1n) is 7.04. The maximum atomic E-state index is 13.8. The molecule has 0 aliphatic rings. The van der Waals surface area contributed by atoms with Crippen LogP contribution in [0, 0.1) is 5.82 Å². The van der Waals surface area contributed by atoms with Gasteiger partial charge in [-0.25, -0.2) is 9.37 Å². The number of aromatic nitrogens is 2. The van der Waals surface area contributed by atoms with Crippen molar-refractivity contribution in [1.29, 1.82) is 0 Å². The number of hydrogen-bond donors (Lipinski definition) is 0. The zero-order chi connectivity index (χ0) is 15.6. The average Bonchev–Trinajstić information content (AvgIpc) is 2.74. The molecule has 0 radical (unpaired) electrons. The number of aryl methyl sites for hydroxylation is 1. The SMILES string of the molecule is CC(C)N(C)CCn1c(CCCl)nc2cc(Br)c(F)cc21. The van der Waals surface area contributed by atoms with E-state index in [9.17, 15) is 4.39 Å². The normalized spacial score (nSPS) is 12.0. The Hall–Kier alpha value is -0.650. The lowest BCUT2D eigenvalue weighted by Crippen LogP contribution is -2.30. The second kappa shape index (κ2) is 7.07. The van der Waals surface area contributed by atoms with E-state index < -0.39 is 0 Å². The van der Waals surface area contributed by atoms with Crippen molar-refractivity contribution in [2.45, 2.75) is 32.9 Å². The van der Waals surface area contributed by atoms with Crippen LogP contribution >= 0.6 is 27.5 Å². The highest BCUT2D eigenvalue weighted by Crippen LogP contribution is 2.24. The first-order chi connectivity index (χ1) is 9.93. The molecule has 0 unspecified atom stereocenters. The van der Waals surface area contributed by atoms with Crippen LogP contribution in [-0.2, 0) is 13.0 Å². The summed E-state index contributed by atoms with van der Waals surface area (Å²) in [5.41, 5.74) is 1.63. The van der Waals surface area contributed by atoms with Crippen LogP contribution in [0.15, 0.2) is 16.6 Å². The van der Waals surface area contributed by atoms with Crippen LogP contribution in [-0.4, -0.2) is 40.0 Å². The van der Waals surface area contributed by atoms with Gasteiger partial charge in [0.15, 0.2) is 0 Å². The van der Waals surface area contributed by atoms with Crippen molar-refractivity contribution < 1.29 is 4.39 Å². The Balaban J connectivity index is 2.38. The zero-order valence-electron chi connectivity index (χ0n) is 12.5. The van der Waals surface area contributed by atoms with Crippen molar-refractivity contribution in [2.24, 2.45) is 0 Å². The van der Waals surface area contributed by atoms with Crippen LogP contribution in [0.1, 0.15) is 19.7 Å². The summed E-state index contributed by atoms with van der Waals surface area (Å²) in [5.74, 6) is 1.15. The maximum Gasteiger partial charge on any atom is 0.139 e. The van der Waals surface area contributed by atoms with Crippen LogP contribution in [0.25, 0.3) is 11.0 Å². The molecule has 0 spiro atoms. The Morgan fingerprint density at radius 2 is 2.14 bits per heavy atom. The first-order valence-corrected chi connectivity index (χ1v) is 8.37. The lowest BCUT2D eigenvalue weighted by atomic mass is 10.3. The average molecular weight is 377 g/mol. The number of fused-ring (bicyclic) bond motifs is 1. The minimum Gasteiger partial charge on any atom is -0.327 e. The van der Waals surface area contributed by atoms with Gasteiger partial charge in [-0.2, -0.15) is 0 Å². The molecule has 1 aromatic heterocycles. The summed E-state index contributed by atoms with van der Waals surface area (Å²) in [7, 11) is 2.09. The summed E-state index contributed by atoms with van der Waals surface area (Å²) < 4.78 is 16.3. The largest absolute Gasteiger partial charge is 0.327 e. The third-order valence-electron chi connectivity index (χ3n) is 3.75. The molecule has 0 atom stereocenters. The predicted octanol–water partition coefficient (Wildman–Crippen LogP) is 4.06. The van der Waals surface area contributed by atoms with Gasteiger partial charge < -0.3 is 9.47 Å². The molecule has 0 amide bonds. The van der Waals surface area contributed by atoms with Gasteiger partial charge >= 0.3 is 0 Å². The molecule has 2 aromatic rings. The van der Waals surface area contributed by atoms with E-state index >= 15 is 0 Å². The van der Waals surface area contributed by atoms with Gasteiger partial charge in [0.1, 0.15) is 11.6 Å². The van der Waals surface area contributed by atoms with E-state index in [0.717, 1.165) is 29.9 Å². The number of alkyl halides is 1. The monoisotopic (exact) mass is 375 g/mol. The van der Waals surface area contributed by atoms with Crippen LogP contribution < -0.4 is 0 Å². The molecule has 21 heavy (non-hydrogen) atoms.